The summed E-state index contributed by atoms with van der Waals surface area (Å²) in [5.74, 6) is 0.319. The molecule has 0 spiro atoms. The van der Waals surface area contributed by atoms with E-state index in [0.717, 1.165) is 0 Å². The number of amides is 2. The number of nitrogens with one attached hydrogen (secondary N) is 2. The fourth-order valence-electron chi connectivity index (χ4n) is 2.54. The van der Waals surface area contributed by atoms with Crippen molar-refractivity contribution >= 4 is 23.2 Å². The van der Waals surface area contributed by atoms with Crippen molar-refractivity contribution in [3.63, 3.8) is 0 Å². The molecule has 142 valence electrons. The molecule has 0 fully saturated rings. The zero-order valence-electron chi connectivity index (χ0n) is 15.3. The predicted molar refractivity (Wildman–Crippen MR) is 108 cm³/mol. The van der Waals surface area contributed by atoms with Crippen LogP contribution in [0.3, 0.4) is 0 Å². The first-order chi connectivity index (χ1) is 13.7. The zero-order chi connectivity index (χ0) is 19.8. The summed E-state index contributed by atoms with van der Waals surface area (Å²) < 4.78 is 10.7. The van der Waals surface area contributed by atoms with Gasteiger partial charge in [-0.05, 0) is 36.4 Å². The van der Waals surface area contributed by atoms with E-state index in [1.807, 2.05) is 18.2 Å². The molecule has 2 amide bonds. The molecule has 2 N–H and O–H groups in total. The lowest BCUT2D eigenvalue weighted by Gasteiger charge is -2.12. The smallest absolute Gasteiger partial charge is 0.262 e. The van der Waals surface area contributed by atoms with Crippen LogP contribution < -0.4 is 20.1 Å². The molecule has 0 radical (unpaired) electrons. The number of carbonyl (C=O) groups is 2. The monoisotopic (exact) mass is 376 g/mol. The van der Waals surface area contributed by atoms with E-state index in [1.54, 1.807) is 67.8 Å². The molecular weight excluding hydrogens is 356 g/mol. The SMILES string of the molecule is COc1cccc(NC(=O)COc2ccccc2C(=O)Nc2ccccc2)c1. The average molecular weight is 376 g/mol. The molecule has 6 heteroatoms. The molecule has 0 atom stereocenters. The number of hydrogen-bond donors (Lipinski definition) is 2. The van der Waals surface area contributed by atoms with Crippen LogP contribution in [-0.4, -0.2) is 25.5 Å². The first-order valence-corrected chi connectivity index (χ1v) is 8.68. The Morgan fingerprint density at radius 2 is 1.54 bits per heavy atom. The molecule has 28 heavy (non-hydrogen) atoms. The molecule has 0 aliphatic carbocycles. The summed E-state index contributed by atoms with van der Waals surface area (Å²) in [6, 6.07) is 22.9. The Morgan fingerprint density at radius 1 is 0.821 bits per heavy atom. The van der Waals surface area contributed by atoms with Crippen molar-refractivity contribution in [3.8, 4) is 11.5 Å². The normalized spacial score (nSPS) is 10.0. The number of anilines is 2. The van der Waals surface area contributed by atoms with Crippen LogP contribution in [0.2, 0.25) is 0 Å². The van der Waals surface area contributed by atoms with Gasteiger partial charge < -0.3 is 20.1 Å². The van der Waals surface area contributed by atoms with Crippen LogP contribution in [0.5, 0.6) is 11.5 Å². The Bertz CT molecular complexity index is 958. The maximum Gasteiger partial charge on any atom is 0.262 e. The summed E-state index contributed by atoms with van der Waals surface area (Å²) in [4.78, 5) is 24.7. The molecule has 0 aliphatic heterocycles. The van der Waals surface area contributed by atoms with Crippen LogP contribution in [0.1, 0.15) is 10.4 Å². The van der Waals surface area contributed by atoms with Gasteiger partial charge in [-0.15, -0.1) is 0 Å². The van der Waals surface area contributed by atoms with Crippen LogP contribution in [0, 0.1) is 0 Å². The lowest BCUT2D eigenvalue weighted by molar-refractivity contribution is -0.118. The highest BCUT2D eigenvalue weighted by Gasteiger charge is 2.14. The minimum atomic E-state index is -0.341. The van der Waals surface area contributed by atoms with Gasteiger partial charge in [-0.25, -0.2) is 0 Å². The third kappa shape index (κ3) is 5.11. The number of hydrogen-bond acceptors (Lipinski definition) is 4. The van der Waals surface area contributed by atoms with Crippen molar-refractivity contribution < 1.29 is 19.1 Å². The van der Waals surface area contributed by atoms with Crippen molar-refractivity contribution in [2.24, 2.45) is 0 Å². The van der Waals surface area contributed by atoms with E-state index in [-0.39, 0.29) is 18.4 Å². The number of rotatable bonds is 7. The summed E-state index contributed by atoms with van der Waals surface area (Å²) in [7, 11) is 1.56. The van der Waals surface area contributed by atoms with Crippen LogP contribution >= 0.6 is 0 Å². The average Bonchev–Trinajstić information content (AvgIpc) is 2.73. The molecular formula is C22H20N2O4. The van der Waals surface area contributed by atoms with Gasteiger partial charge in [0, 0.05) is 17.4 Å². The summed E-state index contributed by atoms with van der Waals surface area (Å²) in [6.45, 7) is -0.229. The topological polar surface area (TPSA) is 76.7 Å². The van der Waals surface area contributed by atoms with E-state index < -0.39 is 0 Å². The number of ether oxygens (including phenoxy) is 2. The van der Waals surface area contributed by atoms with E-state index in [4.69, 9.17) is 9.47 Å². The van der Waals surface area contributed by atoms with Crippen molar-refractivity contribution in [3.05, 3.63) is 84.4 Å². The van der Waals surface area contributed by atoms with Crippen molar-refractivity contribution in [2.75, 3.05) is 24.4 Å². The first kappa shape index (κ1) is 19.0. The van der Waals surface area contributed by atoms with E-state index in [9.17, 15) is 9.59 Å². The molecule has 0 saturated carbocycles. The molecule has 0 aliphatic rings. The van der Waals surface area contributed by atoms with Crippen LogP contribution in [0.15, 0.2) is 78.9 Å². The molecule has 3 aromatic rings. The molecule has 0 saturated heterocycles. The summed E-state index contributed by atoms with van der Waals surface area (Å²) in [5.41, 5.74) is 1.63. The molecule has 0 bridgehead atoms. The second-order valence-electron chi connectivity index (χ2n) is 5.89. The van der Waals surface area contributed by atoms with Crippen molar-refractivity contribution in [1.82, 2.24) is 0 Å². The van der Waals surface area contributed by atoms with Gasteiger partial charge in [-0.3, -0.25) is 9.59 Å². The van der Waals surface area contributed by atoms with Crippen molar-refractivity contribution in [2.45, 2.75) is 0 Å². The third-order valence-electron chi connectivity index (χ3n) is 3.88. The van der Waals surface area contributed by atoms with Gasteiger partial charge in [-0.1, -0.05) is 36.4 Å². The minimum Gasteiger partial charge on any atom is -0.497 e. The Morgan fingerprint density at radius 3 is 2.32 bits per heavy atom. The highest BCUT2D eigenvalue weighted by molar-refractivity contribution is 6.06. The fraction of sp³-hybridized carbons (Fsp3) is 0.0909. The second kappa shape index (κ2) is 9.23. The van der Waals surface area contributed by atoms with Crippen LogP contribution in [0.25, 0.3) is 0 Å². The number of carbonyl (C=O) groups excluding carboxylic acids is 2. The highest BCUT2D eigenvalue weighted by atomic mass is 16.5. The molecule has 0 unspecified atom stereocenters. The maximum absolute atomic E-state index is 12.5. The summed E-state index contributed by atoms with van der Waals surface area (Å²) in [5, 5.41) is 5.54. The van der Waals surface area contributed by atoms with Crippen molar-refractivity contribution in [1.29, 1.82) is 0 Å². The first-order valence-electron chi connectivity index (χ1n) is 8.68. The number of methoxy groups -OCH3 is 1. The standard InChI is InChI=1S/C22H20N2O4/c1-27-18-11-7-10-17(14-18)23-21(25)15-28-20-13-6-5-12-19(20)22(26)24-16-8-3-2-4-9-16/h2-14H,15H2,1H3,(H,23,25)(H,24,26). The van der Waals surface area contributed by atoms with Gasteiger partial charge in [0.2, 0.25) is 0 Å². The van der Waals surface area contributed by atoms with Gasteiger partial charge in [-0.2, -0.15) is 0 Å². The second-order valence-corrected chi connectivity index (χ2v) is 5.89. The van der Waals surface area contributed by atoms with E-state index >= 15 is 0 Å². The van der Waals surface area contributed by atoms with Gasteiger partial charge in [0.1, 0.15) is 11.5 Å². The molecule has 6 nitrogen and oxygen atoms in total. The third-order valence-corrected chi connectivity index (χ3v) is 3.88. The quantitative estimate of drug-likeness (QED) is 0.654. The Labute approximate surface area is 163 Å². The Kier molecular flexibility index (Phi) is 6.25. The maximum atomic E-state index is 12.5. The lowest BCUT2D eigenvalue weighted by atomic mass is 10.2. The van der Waals surface area contributed by atoms with E-state index in [1.165, 1.54) is 0 Å². The fourth-order valence-corrected chi connectivity index (χ4v) is 2.54. The van der Waals surface area contributed by atoms with E-state index in [2.05, 4.69) is 10.6 Å². The van der Waals surface area contributed by atoms with E-state index in [0.29, 0.717) is 28.4 Å². The molecule has 0 heterocycles. The van der Waals surface area contributed by atoms with Gasteiger partial charge in [0.25, 0.3) is 11.8 Å². The van der Waals surface area contributed by atoms with Gasteiger partial charge in [0.15, 0.2) is 6.61 Å². The largest absolute Gasteiger partial charge is 0.497 e. The van der Waals surface area contributed by atoms with Crippen LogP contribution in [0.4, 0.5) is 11.4 Å². The molecule has 0 aromatic heterocycles. The predicted octanol–water partition coefficient (Wildman–Crippen LogP) is 3.97. The Hall–Kier alpha value is -3.80. The van der Waals surface area contributed by atoms with Gasteiger partial charge in [0.05, 0.1) is 12.7 Å². The summed E-state index contributed by atoms with van der Waals surface area (Å²) in [6.07, 6.45) is 0. The number of para-hydroxylation sites is 2. The number of benzene rings is 3. The van der Waals surface area contributed by atoms with Gasteiger partial charge >= 0.3 is 0 Å². The molecule has 3 aromatic carbocycles. The van der Waals surface area contributed by atoms with Crippen LogP contribution in [-0.2, 0) is 4.79 Å². The lowest BCUT2D eigenvalue weighted by Crippen LogP contribution is -2.21. The molecule has 3 rings (SSSR count). The summed E-state index contributed by atoms with van der Waals surface area (Å²) >= 11 is 0. The minimum absolute atomic E-state index is 0.229. The zero-order valence-corrected chi connectivity index (χ0v) is 15.3. The highest BCUT2D eigenvalue weighted by Crippen LogP contribution is 2.20. The Balaban J connectivity index is 1.63.